The molecule has 1 aromatic carbocycles. The molecular weight excluding hydrogens is 312 g/mol. The summed E-state index contributed by atoms with van der Waals surface area (Å²) in [6.07, 6.45) is 5.89. The molecule has 1 heterocycles. The molecule has 134 valence electrons. The summed E-state index contributed by atoms with van der Waals surface area (Å²) in [4.78, 5) is 19.6. The number of rotatable bonds is 4. The highest BCUT2D eigenvalue weighted by molar-refractivity contribution is 5.87. The molecule has 1 N–H and O–H groups in total. The van der Waals surface area contributed by atoms with Crippen molar-refractivity contribution in [3.8, 4) is 0 Å². The predicted octanol–water partition coefficient (Wildman–Crippen LogP) is 4.65. The van der Waals surface area contributed by atoms with Gasteiger partial charge in [0.1, 0.15) is 11.4 Å². The van der Waals surface area contributed by atoms with E-state index in [4.69, 9.17) is 4.74 Å². The molecule has 0 fully saturated rings. The molecule has 0 aliphatic heterocycles. The van der Waals surface area contributed by atoms with E-state index in [-0.39, 0.29) is 11.4 Å². The Morgan fingerprint density at radius 3 is 2.28 bits per heavy atom. The van der Waals surface area contributed by atoms with Crippen LogP contribution in [0.25, 0.3) is 6.08 Å². The standard InChI is InChI=1S/C21H28N2O2/c1-20(2,3)17-14-22-18(23-17)13-16-9-7-15(8-10-16)11-12-19(24)25-21(4,5)6/h7-12,14H,13H2,1-6H3,(H,22,23). The molecule has 0 amide bonds. The molecule has 1 aromatic heterocycles. The summed E-state index contributed by atoms with van der Waals surface area (Å²) in [5.41, 5.74) is 2.87. The Kier molecular flexibility index (Phi) is 5.51. The second-order valence-corrected chi connectivity index (χ2v) is 8.28. The van der Waals surface area contributed by atoms with Crippen LogP contribution in [0.15, 0.2) is 36.5 Å². The number of hydrogen-bond donors (Lipinski definition) is 1. The third-order valence-corrected chi connectivity index (χ3v) is 3.61. The molecule has 4 nitrogen and oxygen atoms in total. The van der Waals surface area contributed by atoms with Crippen LogP contribution in [-0.4, -0.2) is 21.5 Å². The second-order valence-electron chi connectivity index (χ2n) is 8.28. The highest BCUT2D eigenvalue weighted by Crippen LogP contribution is 2.20. The number of esters is 1. The zero-order valence-corrected chi connectivity index (χ0v) is 16.0. The van der Waals surface area contributed by atoms with Gasteiger partial charge in [-0.25, -0.2) is 9.78 Å². The lowest BCUT2D eigenvalue weighted by atomic mass is 9.93. The quantitative estimate of drug-likeness (QED) is 0.651. The van der Waals surface area contributed by atoms with E-state index in [0.29, 0.717) is 0 Å². The van der Waals surface area contributed by atoms with Crippen LogP contribution >= 0.6 is 0 Å². The van der Waals surface area contributed by atoms with Gasteiger partial charge in [-0.15, -0.1) is 0 Å². The molecule has 0 aliphatic carbocycles. The van der Waals surface area contributed by atoms with E-state index in [1.54, 1.807) is 6.08 Å². The Bertz CT molecular complexity index is 741. The number of H-pyrrole nitrogens is 1. The number of carbonyl (C=O) groups excluding carboxylic acids is 1. The summed E-state index contributed by atoms with van der Waals surface area (Å²) in [5, 5.41) is 0. The van der Waals surface area contributed by atoms with E-state index in [0.717, 1.165) is 23.5 Å². The highest BCUT2D eigenvalue weighted by atomic mass is 16.6. The molecule has 2 aromatic rings. The van der Waals surface area contributed by atoms with E-state index in [1.807, 2.05) is 51.2 Å². The van der Waals surface area contributed by atoms with Gasteiger partial charge < -0.3 is 9.72 Å². The minimum absolute atomic E-state index is 0.0710. The number of imidazole rings is 1. The second kappa shape index (κ2) is 7.26. The third kappa shape index (κ3) is 6.22. The maximum absolute atomic E-state index is 11.7. The monoisotopic (exact) mass is 340 g/mol. The number of benzene rings is 1. The normalized spacial score (nSPS) is 12.6. The Hall–Kier alpha value is -2.36. The molecule has 0 saturated heterocycles. The summed E-state index contributed by atoms with van der Waals surface area (Å²) in [6, 6.07) is 8.08. The molecule has 0 aliphatic rings. The number of carbonyl (C=O) groups is 1. The van der Waals surface area contributed by atoms with Gasteiger partial charge in [0.05, 0.1) is 0 Å². The number of ether oxygens (including phenoxy) is 1. The van der Waals surface area contributed by atoms with Gasteiger partial charge in [-0.1, -0.05) is 45.0 Å². The lowest BCUT2D eigenvalue weighted by Gasteiger charge is -2.17. The molecule has 0 radical (unpaired) electrons. The number of nitrogens with one attached hydrogen (secondary N) is 1. The van der Waals surface area contributed by atoms with Crippen LogP contribution in [0.2, 0.25) is 0 Å². The minimum atomic E-state index is -0.472. The summed E-state index contributed by atoms with van der Waals surface area (Å²) in [5.74, 6) is 0.629. The zero-order valence-electron chi connectivity index (χ0n) is 16.0. The van der Waals surface area contributed by atoms with Crippen molar-refractivity contribution in [2.24, 2.45) is 0 Å². The van der Waals surface area contributed by atoms with Crippen molar-refractivity contribution in [2.75, 3.05) is 0 Å². The first-order valence-corrected chi connectivity index (χ1v) is 8.57. The van der Waals surface area contributed by atoms with Crippen molar-refractivity contribution in [1.29, 1.82) is 0 Å². The first-order chi connectivity index (χ1) is 11.5. The number of nitrogens with zero attached hydrogens (tertiary/aromatic N) is 1. The van der Waals surface area contributed by atoms with Crippen molar-refractivity contribution in [3.63, 3.8) is 0 Å². The zero-order chi connectivity index (χ0) is 18.7. The Labute approximate surface area is 150 Å². The summed E-state index contributed by atoms with van der Waals surface area (Å²) in [6.45, 7) is 12.1. The van der Waals surface area contributed by atoms with Gasteiger partial charge in [-0.2, -0.15) is 0 Å². The SMILES string of the molecule is CC(C)(C)OC(=O)C=Cc1ccc(Cc2ncc(C(C)(C)C)[nH]2)cc1. The minimum Gasteiger partial charge on any atom is -0.457 e. The fraction of sp³-hybridized carbons (Fsp3) is 0.429. The molecule has 0 spiro atoms. The first kappa shape index (κ1) is 19.0. The maximum atomic E-state index is 11.7. The van der Waals surface area contributed by atoms with Crippen LogP contribution in [-0.2, 0) is 21.4 Å². The van der Waals surface area contributed by atoms with Gasteiger partial charge in [0.25, 0.3) is 0 Å². The van der Waals surface area contributed by atoms with Crippen LogP contribution in [0.4, 0.5) is 0 Å². The number of aromatic nitrogens is 2. The third-order valence-electron chi connectivity index (χ3n) is 3.61. The largest absolute Gasteiger partial charge is 0.457 e. The van der Waals surface area contributed by atoms with Gasteiger partial charge in [0.15, 0.2) is 0 Å². The Morgan fingerprint density at radius 1 is 1.12 bits per heavy atom. The Morgan fingerprint density at radius 2 is 1.76 bits per heavy atom. The highest BCUT2D eigenvalue weighted by Gasteiger charge is 2.16. The van der Waals surface area contributed by atoms with E-state index in [2.05, 4.69) is 30.7 Å². The molecule has 0 unspecified atom stereocenters. The smallest absolute Gasteiger partial charge is 0.331 e. The molecule has 2 rings (SSSR count). The summed E-state index contributed by atoms with van der Waals surface area (Å²) >= 11 is 0. The van der Waals surface area contributed by atoms with Crippen LogP contribution in [0.5, 0.6) is 0 Å². The Balaban J connectivity index is 1.98. The van der Waals surface area contributed by atoms with E-state index >= 15 is 0 Å². The average molecular weight is 340 g/mol. The van der Waals surface area contributed by atoms with Crippen LogP contribution in [0.3, 0.4) is 0 Å². The lowest BCUT2D eigenvalue weighted by molar-refractivity contribution is -0.148. The molecule has 4 heteroatoms. The van der Waals surface area contributed by atoms with Gasteiger partial charge in [-0.3, -0.25) is 0 Å². The van der Waals surface area contributed by atoms with E-state index < -0.39 is 5.60 Å². The average Bonchev–Trinajstić information content (AvgIpc) is 2.93. The van der Waals surface area contributed by atoms with Crippen LogP contribution < -0.4 is 0 Å². The predicted molar refractivity (Wildman–Crippen MR) is 101 cm³/mol. The lowest BCUT2D eigenvalue weighted by Crippen LogP contribution is -2.22. The fourth-order valence-corrected chi connectivity index (χ4v) is 2.27. The van der Waals surface area contributed by atoms with E-state index in [9.17, 15) is 4.79 Å². The fourth-order valence-electron chi connectivity index (χ4n) is 2.27. The summed E-state index contributed by atoms with van der Waals surface area (Å²) in [7, 11) is 0. The summed E-state index contributed by atoms with van der Waals surface area (Å²) < 4.78 is 5.25. The number of hydrogen-bond acceptors (Lipinski definition) is 3. The molecule has 25 heavy (non-hydrogen) atoms. The van der Waals surface area contributed by atoms with Crippen molar-refractivity contribution in [2.45, 2.75) is 59.0 Å². The van der Waals surface area contributed by atoms with Crippen molar-refractivity contribution in [3.05, 3.63) is 59.2 Å². The van der Waals surface area contributed by atoms with Crippen molar-refractivity contribution in [1.82, 2.24) is 9.97 Å². The molecule has 0 saturated carbocycles. The van der Waals surface area contributed by atoms with Gasteiger partial charge in [0.2, 0.25) is 0 Å². The first-order valence-electron chi connectivity index (χ1n) is 8.57. The van der Waals surface area contributed by atoms with E-state index in [1.165, 1.54) is 11.6 Å². The molecule has 0 bridgehead atoms. The van der Waals surface area contributed by atoms with Crippen molar-refractivity contribution >= 4 is 12.0 Å². The molecule has 0 atom stereocenters. The van der Waals surface area contributed by atoms with Crippen molar-refractivity contribution < 1.29 is 9.53 Å². The van der Waals surface area contributed by atoms with Gasteiger partial charge in [-0.05, 0) is 38.0 Å². The van der Waals surface area contributed by atoms with Crippen LogP contribution in [0.1, 0.15) is 64.2 Å². The van der Waals surface area contributed by atoms with Gasteiger partial charge >= 0.3 is 5.97 Å². The topological polar surface area (TPSA) is 55.0 Å². The maximum Gasteiger partial charge on any atom is 0.331 e. The molecular formula is C21H28N2O2. The van der Waals surface area contributed by atoms with Crippen LogP contribution in [0, 0.1) is 0 Å². The number of aromatic amines is 1. The van der Waals surface area contributed by atoms with Gasteiger partial charge in [0, 0.05) is 29.8 Å².